The van der Waals surface area contributed by atoms with Crippen LogP contribution in [0.4, 0.5) is 0 Å². The second-order valence-corrected chi connectivity index (χ2v) is 2.72. The molecule has 0 unspecified atom stereocenters. The quantitative estimate of drug-likeness (QED) is 0.722. The van der Waals surface area contributed by atoms with Gasteiger partial charge in [-0.25, -0.2) is 15.0 Å². The fourth-order valence-electron chi connectivity index (χ4n) is 0.749. The molecule has 0 fully saturated rings. The number of hydrogen-bond donors (Lipinski definition) is 0. The van der Waals surface area contributed by atoms with Crippen molar-refractivity contribution in [2.75, 3.05) is 0 Å². The normalized spacial score (nSPS) is 10.1. The summed E-state index contributed by atoms with van der Waals surface area (Å²) in [6.45, 7) is 0. The van der Waals surface area contributed by atoms with Crippen molar-refractivity contribution >= 4 is 15.9 Å². The second kappa shape index (κ2) is 2.98. The monoisotopic (exact) mass is 225 g/mol. The number of halogens is 1. The molecule has 0 saturated heterocycles. The number of hydrogen-bond acceptors (Lipinski definition) is 4. The molecule has 2 aromatic heterocycles. The fourth-order valence-corrected chi connectivity index (χ4v) is 1.01. The Morgan fingerprint density at radius 2 is 1.92 bits per heavy atom. The van der Waals surface area contributed by atoms with Gasteiger partial charge in [0, 0.05) is 12.4 Å². The van der Waals surface area contributed by atoms with Gasteiger partial charge in [0.2, 0.25) is 4.73 Å². The molecule has 12 heavy (non-hydrogen) atoms. The van der Waals surface area contributed by atoms with Crippen LogP contribution in [0.1, 0.15) is 0 Å². The van der Waals surface area contributed by atoms with Crippen molar-refractivity contribution < 1.29 is 0 Å². The zero-order valence-electron chi connectivity index (χ0n) is 5.92. The Balaban J connectivity index is 2.45. The summed E-state index contributed by atoms with van der Waals surface area (Å²) in [4.78, 5) is 11.9. The Labute approximate surface area is 76.6 Å². The third-order valence-corrected chi connectivity index (χ3v) is 1.58. The standard InChI is InChI=1S/C6H4BrN5/c7-5-10-4-12(11-5)6-8-2-1-3-9-6/h1-4H. The predicted octanol–water partition coefficient (Wildman–Crippen LogP) is 0.820. The lowest BCUT2D eigenvalue weighted by molar-refractivity contribution is 0.800. The van der Waals surface area contributed by atoms with Crippen LogP contribution in [0.15, 0.2) is 29.5 Å². The molecule has 60 valence electrons. The van der Waals surface area contributed by atoms with E-state index in [-0.39, 0.29) is 0 Å². The predicted molar refractivity (Wildman–Crippen MR) is 44.6 cm³/mol. The molecule has 0 aliphatic rings. The van der Waals surface area contributed by atoms with E-state index in [0.717, 1.165) is 0 Å². The van der Waals surface area contributed by atoms with Crippen LogP contribution in [0.5, 0.6) is 0 Å². The topological polar surface area (TPSA) is 56.5 Å². The van der Waals surface area contributed by atoms with E-state index in [1.54, 1.807) is 24.8 Å². The van der Waals surface area contributed by atoms with Gasteiger partial charge in [-0.2, -0.15) is 4.68 Å². The van der Waals surface area contributed by atoms with E-state index in [1.807, 2.05) is 0 Å². The van der Waals surface area contributed by atoms with Crippen LogP contribution < -0.4 is 0 Å². The lowest BCUT2D eigenvalue weighted by atomic mass is 10.7. The summed E-state index contributed by atoms with van der Waals surface area (Å²) in [5, 5.41) is 3.98. The molecule has 0 amide bonds. The highest BCUT2D eigenvalue weighted by molar-refractivity contribution is 9.10. The van der Waals surface area contributed by atoms with E-state index in [2.05, 4.69) is 36.0 Å². The Hall–Kier alpha value is -1.30. The number of nitrogens with zero attached hydrogens (tertiary/aromatic N) is 5. The molecule has 0 saturated carbocycles. The molecule has 5 nitrogen and oxygen atoms in total. The van der Waals surface area contributed by atoms with Gasteiger partial charge in [0.25, 0.3) is 5.95 Å². The van der Waals surface area contributed by atoms with Crippen molar-refractivity contribution in [1.82, 2.24) is 24.7 Å². The first-order valence-electron chi connectivity index (χ1n) is 3.21. The van der Waals surface area contributed by atoms with E-state index in [1.165, 1.54) is 4.68 Å². The maximum Gasteiger partial charge on any atom is 0.251 e. The van der Waals surface area contributed by atoms with Crippen LogP contribution in [-0.4, -0.2) is 24.7 Å². The van der Waals surface area contributed by atoms with Gasteiger partial charge >= 0.3 is 0 Å². The molecule has 0 spiro atoms. The third kappa shape index (κ3) is 1.33. The molecule has 0 aliphatic carbocycles. The highest BCUT2D eigenvalue weighted by Crippen LogP contribution is 2.01. The molecule has 0 N–H and O–H groups in total. The first-order chi connectivity index (χ1) is 5.86. The summed E-state index contributed by atoms with van der Waals surface area (Å²) >= 11 is 3.13. The molecule has 0 radical (unpaired) electrons. The van der Waals surface area contributed by atoms with Gasteiger partial charge in [-0.1, -0.05) is 0 Å². The molecule has 2 rings (SSSR count). The highest BCUT2D eigenvalue weighted by Gasteiger charge is 1.99. The van der Waals surface area contributed by atoms with Crippen LogP contribution in [-0.2, 0) is 0 Å². The van der Waals surface area contributed by atoms with Crippen molar-refractivity contribution in [2.45, 2.75) is 0 Å². The van der Waals surface area contributed by atoms with Gasteiger partial charge < -0.3 is 0 Å². The van der Waals surface area contributed by atoms with Gasteiger partial charge in [0.05, 0.1) is 0 Å². The summed E-state index contributed by atoms with van der Waals surface area (Å²) in [6.07, 6.45) is 4.84. The summed E-state index contributed by atoms with van der Waals surface area (Å²) in [5.41, 5.74) is 0. The number of rotatable bonds is 1. The van der Waals surface area contributed by atoms with Gasteiger partial charge in [-0.05, 0) is 22.0 Å². The zero-order chi connectivity index (χ0) is 8.39. The molecule has 0 aromatic carbocycles. The average Bonchev–Trinajstić information content (AvgIpc) is 2.54. The minimum atomic E-state index is 0.510. The molecule has 0 atom stereocenters. The van der Waals surface area contributed by atoms with Crippen LogP contribution in [0.3, 0.4) is 0 Å². The SMILES string of the molecule is Brc1ncn(-c2ncccn2)n1. The van der Waals surface area contributed by atoms with Crippen LogP contribution >= 0.6 is 15.9 Å². The Morgan fingerprint density at radius 1 is 1.17 bits per heavy atom. The van der Waals surface area contributed by atoms with Crippen molar-refractivity contribution in [3.8, 4) is 5.95 Å². The third-order valence-electron chi connectivity index (χ3n) is 1.22. The zero-order valence-corrected chi connectivity index (χ0v) is 7.51. The first kappa shape index (κ1) is 7.35. The maximum atomic E-state index is 3.99. The minimum Gasteiger partial charge on any atom is -0.220 e. The van der Waals surface area contributed by atoms with Crippen molar-refractivity contribution in [1.29, 1.82) is 0 Å². The van der Waals surface area contributed by atoms with Gasteiger partial charge in [0.1, 0.15) is 6.33 Å². The molecular weight excluding hydrogens is 222 g/mol. The van der Waals surface area contributed by atoms with Crippen LogP contribution in [0.25, 0.3) is 5.95 Å². The molecule has 0 aliphatic heterocycles. The molecule has 2 aromatic rings. The van der Waals surface area contributed by atoms with Gasteiger partial charge in [-0.3, -0.25) is 0 Å². The minimum absolute atomic E-state index is 0.510. The largest absolute Gasteiger partial charge is 0.251 e. The molecule has 2 heterocycles. The van der Waals surface area contributed by atoms with E-state index in [9.17, 15) is 0 Å². The lowest BCUT2D eigenvalue weighted by Crippen LogP contribution is -1.99. The number of aromatic nitrogens is 5. The molecular formula is C6H4BrN5. The fraction of sp³-hybridized carbons (Fsp3) is 0. The van der Waals surface area contributed by atoms with Crippen LogP contribution in [0.2, 0.25) is 0 Å². The van der Waals surface area contributed by atoms with Gasteiger partial charge in [-0.15, -0.1) is 5.10 Å². The summed E-state index contributed by atoms with van der Waals surface area (Å²) in [6, 6.07) is 1.75. The maximum absolute atomic E-state index is 3.99. The molecule has 6 heteroatoms. The van der Waals surface area contributed by atoms with Crippen molar-refractivity contribution in [3.05, 3.63) is 29.5 Å². The van der Waals surface area contributed by atoms with Gasteiger partial charge in [0.15, 0.2) is 0 Å². The molecule has 0 bridgehead atoms. The summed E-state index contributed by atoms with van der Waals surface area (Å²) in [5.74, 6) is 0.510. The highest BCUT2D eigenvalue weighted by atomic mass is 79.9. The van der Waals surface area contributed by atoms with Crippen molar-refractivity contribution in [2.24, 2.45) is 0 Å². The van der Waals surface area contributed by atoms with E-state index in [4.69, 9.17) is 0 Å². The Morgan fingerprint density at radius 3 is 2.50 bits per heavy atom. The first-order valence-corrected chi connectivity index (χ1v) is 4.00. The average molecular weight is 226 g/mol. The van der Waals surface area contributed by atoms with Crippen molar-refractivity contribution in [3.63, 3.8) is 0 Å². The summed E-state index contributed by atoms with van der Waals surface area (Å²) in [7, 11) is 0. The Bertz CT molecular complexity index is 370. The lowest BCUT2D eigenvalue weighted by Gasteiger charge is -1.93. The van der Waals surface area contributed by atoms with E-state index < -0.39 is 0 Å². The smallest absolute Gasteiger partial charge is 0.220 e. The van der Waals surface area contributed by atoms with E-state index in [0.29, 0.717) is 10.7 Å². The van der Waals surface area contributed by atoms with E-state index >= 15 is 0 Å². The summed E-state index contributed by atoms with van der Waals surface area (Å²) < 4.78 is 2.01. The van der Waals surface area contributed by atoms with Crippen LogP contribution in [0, 0.1) is 0 Å². The second-order valence-electron chi connectivity index (χ2n) is 2.01. The Kier molecular flexibility index (Phi) is 1.83.